The summed E-state index contributed by atoms with van der Waals surface area (Å²) in [4.78, 5) is 18.9. The van der Waals surface area contributed by atoms with Crippen LogP contribution in [0, 0.1) is 6.92 Å². The van der Waals surface area contributed by atoms with E-state index in [0.29, 0.717) is 5.56 Å². The Morgan fingerprint density at radius 3 is 2.90 bits per heavy atom. The van der Waals surface area contributed by atoms with E-state index >= 15 is 0 Å². The molecule has 1 aromatic heterocycles. The van der Waals surface area contributed by atoms with Crippen LogP contribution in [0.2, 0.25) is 0 Å². The van der Waals surface area contributed by atoms with Crippen molar-refractivity contribution in [3.63, 3.8) is 0 Å². The maximum Gasteiger partial charge on any atom is 0.257 e. The normalized spacial score (nSPS) is 18.5. The summed E-state index contributed by atoms with van der Waals surface area (Å²) in [6.07, 6.45) is 2.71. The summed E-state index contributed by atoms with van der Waals surface area (Å²) in [5.41, 5.74) is 2.44. The fourth-order valence-electron chi connectivity index (χ4n) is 2.33. The van der Waals surface area contributed by atoms with Crippen molar-refractivity contribution in [1.29, 1.82) is 0 Å². The Bertz CT molecular complexity index is 502. The number of hydrogen-bond acceptors (Lipinski definition) is 4. The topological polar surface area (TPSA) is 45.2 Å². The second-order valence-corrected chi connectivity index (χ2v) is 7.57. The van der Waals surface area contributed by atoms with Gasteiger partial charge >= 0.3 is 0 Å². The SMILES string of the molecule is CNc1cc(C)ncc1C(=O)N1CCSC(C)(C)CC1. The van der Waals surface area contributed by atoms with E-state index in [1.54, 1.807) is 6.20 Å². The van der Waals surface area contributed by atoms with Crippen molar-refractivity contribution in [2.24, 2.45) is 0 Å². The van der Waals surface area contributed by atoms with Crippen molar-refractivity contribution in [3.05, 3.63) is 23.5 Å². The second kappa shape index (κ2) is 6.04. The maximum atomic E-state index is 12.7. The number of amides is 1. The molecule has 110 valence electrons. The fourth-order valence-corrected chi connectivity index (χ4v) is 3.43. The maximum absolute atomic E-state index is 12.7. The van der Waals surface area contributed by atoms with Crippen LogP contribution in [0.5, 0.6) is 0 Å². The van der Waals surface area contributed by atoms with Gasteiger partial charge in [0.1, 0.15) is 0 Å². The molecule has 20 heavy (non-hydrogen) atoms. The number of aromatic nitrogens is 1. The fraction of sp³-hybridized carbons (Fsp3) is 0.600. The number of thioether (sulfide) groups is 1. The highest BCUT2D eigenvalue weighted by Gasteiger charge is 2.27. The largest absolute Gasteiger partial charge is 0.387 e. The number of anilines is 1. The van der Waals surface area contributed by atoms with E-state index in [2.05, 4.69) is 24.1 Å². The van der Waals surface area contributed by atoms with Gasteiger partial charge in [0.25, 0.3) is 5.91 Å². The summed E-state index contributed by atoms with van der Waals surface area (Å²) in [7, 11) is 1.84. The van der Waals surface area contributed by atoms with Crippen molar-refractivity contribution in [3.8, 4) is 0 Å². The standard InChI is InChI=1S/C15H23N3OS/c1-11-9-13(16-4)12(10-17-11)14(19)18-6-5-15(2,3)20-8-7-18/h9-10H,5-8H2,1-4H3,(H,16,17). The third kappa shape index (κ3) is 3.45. The van der Waals surface area contributed by atoms with Gasteiger partial charge in [-0.05, 0) is 19.4 Å². The number of nitrogens with one attached hydrogen (secondary N) is 1. The molecule has 1 N–H and O–H groups in total. The molecule has 0 atom stereocenters. The molecule has 0 unspecified atom stereocenters. The van der Waals surface area contributed by atoms with Gasteiger partial charge in [-0.2, -0.15) is 11.8 Å². The minimum atomic E-state index is 0.0835. The predicted octanol–water partition coefficient (Wildman–Crippen LogP) is 2.79. The average molecular weight is 293 g/mol. The Morgan fingerprint density at radius 2 is 2.20 bits per heavy atom. The Labute approximate surface area is 125 Å². The van der Waals surface area contributed by atoms with Gasteiger partial charge in [-0.1, -0.05) is 13.8 Å². The molecule has 1 fully saturated rings. The van der Waals surface area contributed by atoms with Crippen LogP contribution in [-0.4, -0.2) is 46.4 Å². The lowest BCUT2D eigenvalue weighted by atomic mass is 10.1. The van der Waals surface area contributed by atoms with Crippen molar-refractivity contribution in [1.82, 2.24) is 9.88 Å². The number of nitrogens with zero attached hydrogens (tertiary/aromatic N) is 2. The summed E-state index contributed by atoms with van der Waals surface area (Å²) in [6, 6.07) is 1.92. The van der Waals surface area contributed by atoms with Crippen LogP contribution in [0.4, 0.5) is 5.69 Å². The van der Waals surface area contributed by atoms with Crippen LogP contribution in [0.3, 0.4) is 0 Å². The predicted molar refractivity (Wildman–Crippen MR) is 85.6 cm³/mol. The lowest BCUT2D eigenvalue weighted by molar-refractivity contribution is 0.0765. The number of rotatable bonds is 2. The Hall–Kier alpha value is -1.23. The molecule has 2 heterocycles. The highest BCUT2D eigenvalue weighted by molar-refractivity contribution is 8.00. The van der Waals surface area contributed by atoms with Gasteiger partial charge in [-0.15, -0.1) is 0 Å². The Kier molecular flexibility index (Phi) is 4.58. The molecule has 1 amide bonds. The molecule has 4 nitrogen and oxygen atoms in total. The highest BCUT2D eigenvalue weighted by Crippen LogP contribution is 2.31. The van der Waals surface area contributed by atoms with Crippen LogP contribution in [-0.2, 0) is 0 Å². The molecule has 0 aliphatic carbocycles. The van der Waals surface area contributed by atoms with E-state index in [-0.39, 0.29) is 10.7 Å². The van der Waals surface area contributed by atoms with Crippen molar-refractivity contribution in [2.75, 3.05) is 31.2 Å². The summed E-state index contributed by atoms with van der Waals surface area (Å²) in [5.74, 6) is 1.08. The van der Waals surface area contributed by atoms with Gasteiger partial charge in [-0.3, -0.25) is 9.78 Å². The third-order valence-corrected chi connectivity index (χ3v) is 5.04. The van der Waals surface area contributed by atoms with E-state index in [1.165, 1.54) is 0 Å². The van der Waals surface area contributed by atoms with Gasteiger partial charge in [0.15, 0.2) is 0 Å². The Morgan fingerprint density at radius 1 is 1.45 bits per heavy atom. The first-order valence-corrected chi connectivity index (χ1v) is 7.99. The van der Waals surface area contributed by atoms with Gasteiger partial charge in [0, 0.05) is 42.5 Å². The number of carbonyl (C=O) groups is 1. The second-order valence-electron chi connectivity index (χ2n) is 5.77. The molecule has 2 rings (SSSR count). The van der Waals surface area contributed by atoms with Gasteiger partial charge < -0.3 is 10.2 Å². The lowest BCUT2D eigenvalue weighted by Gasteiger charge is -2.23. The summed E-state index contributed by atoms with van der Waals surface area (Å²) >= 11 is 1.94. The van der Waals surface area contributed by atoms with E-state index in [1.807, 2.05) is 36.7 Å². The number of aryl methyl sites for hydroxylation is 1. The minimum absolute atomic E-state index is 0.0835. The minimum Gasteiger partial charge on any atom is -0.387 e. The third-order valence-electron chi connectivity index (χ3n) is 3.67. The lowest BCUT2D eigenvalue weighted by Crippen LogP contribution is -2.34. The molecule has 0 aromatic carbocycles. The van der Waals surface area contributed by atoms with E-state index in [9.17, 15) is 4.79 Å². The monoisotopic (exact) mass is 293 g/mol. The van der Waals surface area contributed by atoms with Crippen molar-refractivity contribution >= 4 is 23.4 Å². The molecule has 0 radical (unpaired) electrons. The molecule has 1 aliphatic rings. The zero-order valence-corrected chi connectivity index (χ0v) is 13.5. The first-order valence-electron chi connectivity index (χ1n) is 7.00. The first-order chi connectivity index (χ1) is 9.43. The molecular formula is C15H23N3OS. The van der Waals surface area contributed by atoms with E-state index in [0.717, 1.165) is 36.6 Å². The van der Waals surface area contributed by atoms with E-state index in [4.69, 9.17) is 0 Å². The van der Waals surface area contributed by atoms with Crippen LogP contribution >= 0.6 is 11.8 Å². The van der Waals surface area contributed by atoms with E-state index < -0.39 is 0 Å². The number of pyridine rings is 1. The molecule has 1 aliphatic heterocycles. The number of carbonyl (C=O) groups excluding carboxylic acids is 1. The van der Waals surface area contributed by atoms with Gasteiger partial charge in [0.2, 0.25) is 0 Å². The van der Waals surface area contributed by atoms with Gasteiger partial charge in [0.05, 0.1) is 11.3 Å². The van der Waals surface area contributed by atoms with Crippen molar-refractivity contribution < 1.29 is 4.79 Å². The zero-order chi connectivity index (χ0) is 14.8. The Balaban J connectivity index is 2.19. The summed E-state index contributed by atoms with van der Waals surface area (Å²) in [6.45, 7) is 8.05. The van der Waals surface area contributed by atoms with Crippen LogP contribution < -0.4 is 5.32 Å². The van der Waals surface area contributed by atoms with Crippen molar-refractivity contribution in [2.45, 2.75) is 31.9 Å². The summed E-state index contributed by atoms with van der Waals surface area (Å²) < 4.78 is 0.256. The summed E-state index contributed by atoms with van der Waals surface area (Å²) in [5, 5.41) is 3.10. The quantitative estimate of drug-likeness (QED) is 0.911. The van der Waals surface area contributed by atoms with Crippen LogP contribution in [0.1, 0.15) is 36.3 Å². The smallest absolute Gasteiger partial charge is 0.257 e. The molecule has 0 saturated carbocycles. The molecular weight excluding hydrogens is 270 g/mol. The highest BCUT2D eigenvalue weighted by atomic mass is 32.2. The zero-order valence-electron chi connectivity index (χ0n) is 12.7. The first kappa shape index (κ1) is 15.2. The molecule has 0 bridgehead atoms. The van der Waals surface area contributed by atoms with Crippen LogP contribution in [0.15, 0.2) is 12.3 Å². The molecule has 1 aromatic rings. The molecule has 0 spiro atoms. The molecule has 1 saturated heterocycles. The average Bonchev–Trinajstić information content (AvgIpc) is 2.59. The van der Waals surface area contributed by atoms with Gasteiger partial charge in [-0.25, -0.2) is 0 Å². The number of hydrogen-bond donors (Lipinski definition) is 1. The molecule has 5 heteroatoms. The van der Waals surface area contributed by atoms with Crippen LogP contribution in [0.25, 0.3) is 0 Å².